The van der Waals surface area contributed by atoms with Gasteiger partial charge in [-0.25, -0.2) is 13.2 Å². The van der Waals surface area contributed by atoms with Crippen LogP contribution >= 0.6 is 11.6 Å². The van der Waals surface area contributed by atoms with Crippen LogP contribution in [0.2, 0.25) is 5.02 Å². The third-order valence-electron chi connectivity index (χ3n) is 5.98. The van der Waals surface area contributed by atoms with Gasteiger partial charge >= 0.3 is 12.4 Å². The minimum Gasteiger partial charge on any atom is -0.405 e. The molecule has 0 radical (unpaired) electrons. The van der Waals surface area contributed by atoms with Crippen LogP contribution in [0.1, 0.15) is 41.3 Å². The van der Waals surface area contributed by atoms with Crippen LogP contribution in [0.5, 0.6) is 5.75 Å². The summed E-state index contributed by atoms with van der Waals surface area (Å²) in [6, 6.07) is 6.98. The summed E-state index contributed by atoms with van der Waals surface area (Å²) in [7, 11) is -3.61. The van der Waals surface area contributed by atoms with Gasteiger partial charge in [0.15, 0.2) is 9.84 Å². The fraction of sp³-hybridized carbons (Fsp3) is 0.417. The Balaban J connectivity index is 1.79. The number of nitrogens with one attached hydrogen (secondary N) is 2. The van der Waals surface area contributed by atoms with Crippen LogP contribution in [0.25, 0.3) is 0 Å². The molecule has 1 saturated heterocycles. The predicted octanol–water partition coefficient (Wildman–Crippen LogP) is 3.59. The van der Waals surface area contributed by atoms with Gasteiger partial charge in [0.05, 0.1) is 10.6 Å². The molecular weight excluding hydrogens is 549 g/mol. The Kier molecular flexibility index (Phi) is 9.49. The number of nitrogens with two attached hydrogens (primary N) is 1. The van der Waals surface area contributed by atoms with Crippen LogP contribution < -0.4 is 21.1 Å². The lowest BCUT2D eigenvalue weighted by atomic mass is 10.0. The topological polar surface area (TPSA) is 131 Å². The molecule has 38 heavy (non-hydrogen) atoms. The van der Waals surface area contributed by atoms with Gasteiger partial charge in [-0.3, -0.25) is 9.69 Å². The average Bonchev–Trinajstić information content (AvgIpc) is 2.82. The molecule has 1 aliphatic rings. The Morgan fingerprint density at radius 1 is 1.18 bits per heavy atom. The van der Waals surface area contributed by atoms with Crippen molar-refractivity contribution in [2.45, 2.75) is 50.2 Å². The van der Waals surface area contributed by atoms with E-state index in [0.717, 1.165) is 6.07 Å². The summed E-state index contributed by atoms with van der Waals surface area (Å²) in [6.45, 7) is 2.33. The van der Waals surface area contributed by atoms with E-state index in [1.807, 2.05) is 4.90 Å². The van der Waals surface area contributed by atoms with Crippen LogP contribution in [-0.4, -0.2) is 56.5 Å². The minimum absolute atomic E-state index is 0.00630. The summed E-state index contributed by atoms with van der Waals surface area (Å²) in [6.07, 6.45) is -3.59. The number of carbonyl (C=O) groups is 2. The second-order valence-corrected chi connectivity index (χ2v) is 11.5. The van der Waals surface area contributed by atoms with E-state index >= 15 is 0 Å². The van der Waals surface area contributed by atoms with Crippen LogP contribution in [-0.2, 0) is 22.9 Å². The molecule has 0 aliphatic carbocycles. The van der Waals surface area contributed by atoms with E-state index in [1.54, 1.807) is 0 Å². The largest absolute Gasteiger partial charge is 0.573 e. The zero-order valence-corrected chi connectivity index (χ0v) is 22.0. The summed E-state index contributed by atoms with van der Waals surface area (Å²) in [5.41, 5.74) is 5.52. The highest BCUT2D eigenvalue weighted by Crippen LogP contribution is 2.30. The SMILES string of the molecule is CCS(=O)(=O)c1ccc(Cl)cc1CNC(=O)c1ccc(CN2CCCC(NC(N)=O)C2)c(OC(F)(F)F)c1. The third kappa shape index (κ3) is 8.23. The Hall–Kier alpha value is -3.03. The number of nitrogens with zero attached hydrogens (tertiary/aromatic N) is 1. The molecule has 2 aromatic rings. The molecule has 208 valence electrons. The normalized spacial score (nSPS) is 16.6. The standard InChI is InChI=1S/C24H28ClF3N4O5S/c1-2-38(35,36)21-8-7-18(25)10-17(21)12-30-22(33)15-5-6-16(20(11-15)37-24(26,27)28)13-32-9-3-4-19(14-32)31-23(29)34/h5-8,10-11,19H,2-4,9,12-14H2,1H3,(H,30,33)(H3,29,31,34). The number of likely N-dealkylation sites (tertiary alicyclic amines) is 1. The first-order valence-corrected chi connectivity index (χ1v) is 13.8. The minimum atomic E-state index is -4.99. The monoisotopic (exact) mass is 576 g/mol. The summed E-state index contributed by atoms with van der Waals surface area (Å²) >= 11 is 5.99. The molecule has 1 fully saturated rings. The molecule has 3 amide bonds. The van der Waals surface area contributed by atoms with Crippen molar-refractivity contribution in [3.8, 4) is 5.75 Å². The number of alkyl halides is 3. The van der Waals surface area contributed by atoms with Gasteiger partial charge in [-0.1, -0.05) is 24.6 Å². The van der Waals surface area contributed by atoms with E-state index in [0.29, 0.717) is 25.9 Å². The van der Waals surface area contributed by atoms with Crippen molar-refractivity contribution in [3.63, 3.8) is 0 Å². The lowest BCUT2D eigenvalue weighted by molar-refractivity contribution is -0.275. The van der Waals surface area contributed by atoms with Gasteiger partial charge in [0.2, 0.25) is 0 Å². The van der Waals surface area contributed by atoms with E-state index in [2.05, 4.69) is 15.4 Å². The van der Waals surface area contributed by atoms with Crippen molar-refractivity contribution >= 4 is 33.4 Å². The number of urea groups is 1. The predicted molar refractivity (Wildman–Crippen MR) is 134 cm³/mol. The highest BCUT2D eigenvalue weighted by atomic mass is 35.5. The van der Waals surface area contributed by atoms with E-state index in [9.17, 15) is 31.2 Å². The molecule has 2 aromatic carbocycles. The fourth-order valence-electron chi connectivity index (χ4n) is 4.23. The summed E-state index contributed by atoms with van der Waals surface area (Å²) < 4.78 is 68.5. The van der Waals surface area contributed by atoms with Crippen molar-refractivity contribution in [1.29, 1.82) is 0 Å². The summed E-state index contributed by atoms with van der Waals surface area (Å²) in [4.78, 5) is 25.8. The van der Waals surface area contributed by atoms with Crippen molar-refractivity contribution < 1.29 is 35.9 Å². The number of carbonyl (C=O) groups excluding carboxylic acids is 2. The molecule has 4 N–H and O–H groups in total. The molecule has 0 saturated carbocycles. The molecular formula is C24H28ClF3N4O5S. The van der Waals surface area contributed by atoms with Crippen molar-refractivity contribution in [1.82, 2.24) is 15.5 Å². The lowest BCUT2D eigenvalue weighted by Gasteiger charge is -2.33. The number of piperidine rings is 1. The fourth-order valence-corrected chi connectivity index (χ4v) is 5.54. The Bertz CT molecular complexity index is 1290. The number of amides is 3. The average molecular weight is 577 g/mol. The second kappa shape index (κ2) is 12.2. The second-order valence-electron chi connectivity index (χ2n) is 8.79. The molecule has 1 heterocycles. The van der Waals surface area contributed by atoms with E-state index in [1.165, 1.54) is 37.3 Å². The Morgan fingerprint density at radius 3 is 2.58 bits per heavy atom. The number of ether oxygens (including phenoxy) is 1. The van der Waals surface area contributed by atoms with Gasteiger partial charge in [-0.05, 0) is 55.3 Å². The molecule has 0 bridgehead atoms. The Morgan fingerprint density at radius 2 is 1.92 bits per heavy atom. The van der Waals surface area contributed by atoms with Crippen molar-refractivity contribution in [3.05, 3.63) is 58.1 Å². The highest BCUT2D eigenvalue weighted by Gasteiger charge is 2.33. The zero-order chi connectivity index (χ0) is 28.1. The molecule has 14 heteroatoms. The number of rotatable bonds is 9. The lowest BCUT2D eigenvalue weighted by Crippen LogP contribution is -2.48. The van der Waals surface area contributed by atoms with Gasteiger partial charge in [0.1, 0.15) is 5.75 Å². The highest BCUT2D eigenvalue weighted by molar-refractivity contribution is 7.91. The maximum absolute atomic E-state index is 13.2. The van der Waals surface area contributed by atoms with Crippen LogP contribution in [0.3, 0.4) is 0 Å². The maximum atomic E-state index is 13.2. The van der Waals surface area contributed by atoms with Gasteiger partial charge in [0, 0.05) is 41.8 Å². The summed E-state index contributed by atoms with van der Waals surface area (Å²) in [5, 5.41) is 5.41. The van der Waals surface area contributed by atoms with Crippen molar-refractivity contribution in [2.24, 2.45) is 5.73 Å². The quantitative estimate of drug-likeness (QED) is 0.418. The van der Waals surface area contributed by atoms with Crippen molar-refractivity contribution in [2.75, 3.05) is 18.8 Å². The van der Waals surface area contributed by atoms with Crippen LogP contribution in [0, 0.1) is 0 Å². The van der Waals surface area contributed by atoms with Crippen LogP contribution in [0.4, 0.5) is 18.0 Å². The maximum Gasteiger partial charge on any atom is 0.573 e. The third-order valence-corrected chi connectivity index (χ3v) is 8.04. The number of benzene rings is 2. The molecule has 1 atom stereocenters. The molecule has 0 aromatic heterocycles. The first kappa shape index (κ1) is 29.5. The Labute approximate surface area is 223 Å². The number of sulfone groups is 1. The molecule has 3 rings (SSSR count). The molecule has 1 aliphatic heterocycles. The number of hydrogen-bond donors (Lipinski definition) is 3. The smallest absolute Gasteiger partial charge is 0.405 e. The number of halogens is 4. The first-order chi connectivity index (χ1) is 17.8. The van der Waals surface area contributed by atoms with Crippen LogP contribution in [0.15, 0.2) is 41.3 Å². The molecule has 0 spiro atoms. The zero-order valence-electron chi connectivity index (χ0n) is 20.5. The molecule has 9 nitrogen and oxygen atoms in total. The van der Waals surface area contributed by atoms with E-state index < -0.39 is 33.9 Å². The van der Waals surface area contributed by atoms with Gasteiger partial charge in [-0.2, -0.15) is 0 Å². The molecule has 1 unspecified atom stereocenters. The van der Waals surface area contributed by atoms with Gasteiger partial charge < -0.3 is 21.1 Å². The summed E-state index contributed by atoms with van der Waals surface area (Å²) in [5.74, 6) is -1.43. The first-order valence-electron chi connectivity index (χ1n) is 11.7. The number of primary amides is 1. The van der Waals surface area contributed by atoms with Gasteiger partial charge in [0.25, 0.3) is 5.91 Å². The van der Waals surface area contributed by atoms with Gasteiger partial charge in [-0.15, -0.1) is 13.2 Å². The number of hydrogen-bond acceptors (Lipinski definition) is 6. The van der Waals surface area contributed by atoms with E-state index in [-0.39, 0.29) is 51.5 Å². The van der Waals surface area contributed by atoms with E-state index in [4.69, 9.17) is 17.3 Å².